The van der Waals surface area contributed by atoms with Crippen molar-refractivity contribution in [3.8, 4) is 5.88 Å². The maximum Gasteiger partial charge on any atom is 0.243 e. The molecule has 2 aliphatic heterocycles. The van der Waals surface area contributed by atoms with Crippen LogP contribution < -0.4 is 4.74 Å². The van der Waals surface area contributed by atoms with Gasteiger partial charge in [0.1, 0.15) is 6.10 Å². The summed E-state index contributed by atoms with van der Waals surface area (Å²) in [6.07, 6.45) is 3.14. The number of aromatic nitrogens is 1. The summed E-state index contributed by atoms with van der Waals surface area (Å²) in [7, 11) is -3.47. The van der Waals surface area contributed by atoms with Crippen molar-refractivity contribution in [3.05, 3.63) is 54.2 Å². The SMILES string of the molecule is Cc1ccc(S(=O)(=O)N2CC3(C[C@H](Oc4ccccn4)CCO3)C2)cc1. The average molecular weight is 374 g/mol. The van der Waals surface area contributed by atoms with Crippen LogP contribution in [-0.2, 0) is 14.8 Å². The first-order chi connectivity index (χ1) is 12.5. The number of ether oxygens (including phenoxy) is 2. The molecular formula is C19H22N2O4S. The molecule has 1 spiro atoms. The molecule has 2 saturated heterocycles. The van der Waals surface area contributed by atoms with E-state index in [-0.39, 0.29) is 6.10 Å². The molecule has 2 aromatic rings. The summed E-state index contributed by atoms with van der Waals surface area (Å²) >= 11 is 0. The minimum Gasteiger partial charge on any atom is -0.474 e. The molecule has 0 radical (unpaired) electrons. The van der Waals surface area contributed by atoms with Crippen molar-refractivity contribution in [3.63, 3.8) is 0 Å². The molecule has 0 saturated carbocycles. The Morgan fingerprint density at radius 3 is 2.65 bits per heavy atom. The van der Waals surface area contributed by atoms with E-state index in [2.05, 4.69) is 4.98 Å². The molecule has 0 aliphatic carbocycles. The van der Waals surface area contributed by atoms with Crippen LogP contribution in [0.1, 0.15) is 18.4 Å². The third-order valence-corrected chi connectivity index (χ3v) is 6.77. The van der Waals surface area contributed by atoms with Crippen LogP contribution in [0.4, 0.5) is 0 Å². The smallest absolute Gasteiger partial charge is 0.243 e. The topological polar surface area (TPSA) is 68.7 Å². The van der Waals surface area contributed by atoms with Crippen molar-refractivity contribution in [2.24, 2.45) is 0 Å². The second-order valence-electron chi connectivity index (χ2n) is 7.02. The molecule has 1 atom stereocenters. The summed E-state index contributed by atoms with van der Waals surface area (Å²) in [4.78, 5) is 4.52. The molecule has 138 valence electrons. The minimum absolute atomic E-state index is 0.0112. The Labute approximate surface area is 153 Å². The summed E-state index contributed by atoms with van der Waals surface area (Å²) in [5, 5.41) is 0. The maximum atomic E-state index is 12.8. The van der Waals surface area contributed by atoms with E-state index in [0.717, 1.165) is 12.0 Å². The van der Waals surface area contributed by atoms with Crippen LogP contribution in [0.25, 0.3) is 0 Å². The van der Waals surface area contributed by atoms with Crippen LogP contribution in [0.2, 0.25) is 0 Å². The van der Waals surface area contributed by atoms with E-state index in [9.17, 15) is 8.42 Å². The van der Waals surface area contributed by atoms with E-state index in [1.165, 1.54) is 4.31 Å². The third-order valence-electron chi connectivity index (χ3n) is 4.96. The van der Waals surface area contributed by atoms with E-state index >= 15 is 0 Å². The van der Waals surface area contributed by atoms with E-state index in [1.54, 1.807) is 18.3 Å². The lowest BCUT2D eigenvalue weighted by Crippen LogP contribution is -2.67. The summed E-state index contributed by atoms with van der Waals surface area (Å²) < 4.78 is 38.9. The van der Waals surface area contributed by atoms with Gasteiger partial charge in [-0.3, -0.25) is 0 Å². The predicted octanol–water partition coefficient (Wildman–Crippen LogP) is 2.39. The number of hydrogen-bond donors (Lipinski definition) is 0. The van der Waals surface area contributed by atoms with Crippen LogP contribution in [0.15, 0.2) is 53.6 Å². The van der Waals surface area contributed by atoms with Gasteiger partial charge in [0.15, 0.2) is 0 Å². The molecular weight excluding hydrogens is 352 g/mol. The largest absolute Gasteiger partial charge is 0.474 e. The molecule has 0 N–H and O–H groups in total. The van der Waals surface area contributed by atoms with Gasteiger partial charge in [-0.2, -0.15) is 4.31 Å². The van der Waals surface area contributed by atoms with Gasteiger partial charge >= 0.3 is 0 Å². The average Bonchev–Trinajstić information content (AvgIpc) is 2.61. The first-order valence-electron chi connectivity index (χ1n) is 8.75. The van der Waals surface area contributed by atoms with Crippen LogP contribution in [0.5, 0.6) is 5.88 Å². The second kappa shape index (κ2) is 6.64. The highest BCUT2D eigenvalue weighted by molar-refractivity contribution is 7.89. The Morgan fingerprint density at radius 2 is 1.96 bits per heavy atom. The van der Waals surface area contributed by atoms with Gasteiger partial charge in [-0.1, -0.05) is 23.8 Å². The first kappa shape index (κ1) is 17.5. The molecule has 0 amide bonds. The number of sulfonamides is 1. The molecule has 26 heavy (non-hydrogen) atoms. The fraction of sp³-hybridized carbons (Fsp3) is 0.421. The summed E-state index contributed by atoms with van der Waals surface area (Å²) in [5.41, 5.74) is 0.587. The van der Waals surface area contributed by atoms with Crippen LogP contribution in [-0.4, -0.2) is 49.1 Å². The number of rotatable bonds is 4. The molecule has 0 unspecified atom stereocenters. The molecule has 4 rings (SSSR count). The van der Waals surface area contributed by atoms with Crippen molar-refractivity contribution >= 4 is 10.0 Å². The van der Waals surface area contributed by atoms with Crippen LogP contribution >= 0.6 is 0 Å². The zero-order chi connectivity index (χ0) is 18.2. The summed E-state index contributed by atoms with van der Waals surface area (Å²) in [6.45, 7) is 3.24. The number of hydrogen-bond acceptors (Lipinski definition) is 5. The Balaban J connectivity index is 1.41. The normalized spacial score (nSPS) is 22.7. The van der Waals surface area contributed by atoms with Crippen LogP contribution in [0, 0.1) is 6.92 Å². The van der Waals surface area contributed by atoms with Gasteiger partial charge in [-0.05, 0) is 25.1 Å². The van der Waals surface area contributed by atoms with Crippen molar-refractivity contribution in [1.29, 1.82) is 0 Å². The fourth-order valence-corrected chi connectivity index (χ4v) is 5.11. The lowest BCUT2D eigenvalue weighted by molar-refractivity contribution is -0.165. The van der Waals surface area contributed by atoms with Crippen LogP contribution in [0.3, 0.4) is 0 Å². The minimum atomic E-state index is -3.47. The van der Waals surface area contributed by atoms with Crippen molar-refractivity contribution in [1.82, 2.24) is 9.29 Å². The van der Waals surface area contributed by atoms with E-state index in [0.29, 0.717) is 36.9 Å². The van der Waals surface area contributed by atoms with Gasteiger partial charge < -0.3 is 9.47 Å². The van der Waals surface area contributed by atoms with E-state index < -0.39 is 15.6 Å². The van der Waals surface area contributed by atoms with Gasteiger partial charge in [0.05, 0.1) is 17.1 Å². The molecule has 0 bridgehead atoms. The number of nitrogens with zero attached hydrogens (tertiary/aromatic N) is 2. The van der Waals surface area contributed by atoms with E-state index in [1.807, 2.05) is 37.3 Å². The first-order valence-corrected chi connectivity index (χ1v) is 10.2. The van der Waals surface area contributed by atoms with Crippen molar-refractivity contribution in [2.45, 2.75) is 36.4 Å². The Kier molecular flexibility index (Phi) is 4.46. The molecule has 2 aliphatic rings. The Morgan fingerprint density at radius 1 is 1.19 bits per heavy atom. The number of benzene rings is 1. The fourth-order valence-electron chi connectivity index (χ4n) is 3.52. The zero-order valence-corrected chi connectivity index (χ0v) is 15.5. The maximum absolute atomic E-state index is 12.8. The highest BCUT2D eigenvalue weighted by atomic mass is 32.2. The third kappa shape index (κ3) is 3.34. The molecule has 6 nitrogen and oxygen atoms in total. The van der Waals surface area contributed by atoms with Gasteiger partial charge in [0.2, 0.25) is 15.9 Å². The summed E-state index contributed by atoms with van der Waals surface area (Å²) in [5.74, 6) is 0.595. The Bertz CT molecular complexity index is 862. The second-order valence-corrected chi connectivity index (χ2v) is 8.96. The van der Waals surface area contributed by atoms with Gasteiger partial charge in [-0.25, -0.2) is 13.4 Å². The predicted molar refractivity (Wildman–Crippen MR) is 96.5 cm³/mol. The Hall–Kier alpha value is -1.96. The zero-order valence-electron chi connectivity index (χ0n) is 14.7. The molecule has 1 aromatic carbocycles. The highest BCUT2D eigenvalue weighted by Gasteiger charge is 2.52. The van der Waals surface area contributed by atoms with Gasteiger partial charge in [0.25, 0.3) is 0 Å². The standard InChI is InChI=1S/C19H22N2O4S/c1-15-5-7-17(8-6-15)26(22,23)21-13-19(14-21)12-16(9-11-24-19)25-18-4-2-3-10-20-18/h2-8,10,16H,9,11-14H2,1H3/t16-/m1/s1. The lowest BCUT2D eigenvalue weighted by Gasteiger charge is -2.51. The number of aryl methyl sites for hydroxylation is 1. The molecule has 3 heterocycles. The van der Waals surface area contributed by atoms with Gasteiger partial charge in [-0.15, -0.1) is 0 Å². The highest BCUT2D eigenvalue weighted by Crippen LogP contribution is 2.38. The monoisotopic (exact) mass is 374 g/mol. The van der Waals surface area contributed by atoms with Gasteiger partial charge in [0, 0.05) is 38.2 Å². The molecule has 1 aromatic heterocycles. The van der Waals surface area contributed by atoms with E-state index in [4.69, 9.17) is 9.47 Å². The van der Waals surface area contributed by atoms with Crippen molar-refractivity contribution < 1.29 is 17.9 Å². The quantitative estimate of drug-likeness (QED) is 0.822. The lowest BCUT2D eigenvalue weighted by atomic mass is 9.86. The van der Waals surface area contributed by atoms with Crippen molar-refractivity contribution in [2.75, 3.05) is 19.7 Å². The summed E-state index contributed by atoms with van der Waals surface area (Å²) in [6, 6.07) is 12.5. The molecule has 2 fully saturated rings. The number of pyridine rings is 1. The molecule has 7 heteroatoms.